The topological polar surface area (TPSA) is 40.6 Å². The van der Waals surface area contributed by atoms with E-state index in [0.29, 0.717) is 13.1 Å². The lowest BCUT2D eigenvalue weighted by Gasteiger charge is -2.35. The van der Waals surface area contributed by atoms with Crippen LogP contribution in [0.4, 0.5) is 13.2 Å². The molecule has 1 fully saturated rings. The lowest BCUT2D eigenvalue weighted by Crippen LogP contribution is -2.48. The van der Waals surface area contributed by atoms with Crippen molar-refractivity contribution >= 4 is 23.2 Å². The molecule has 1 saturated carbocycles. The van der Waals surface area contributed by atoms with Crippen molar-refractivity contribution in [2.75, 3.05) is 6.54 Å². The number of alkyl halides is 3. The molecular weight excluding hydrogens is 497 g/mol. The van der Waals surface area contributed by atoms with Gasteiger partial charge in [0.25, 0.3) is 5.91 Å². The Hall–Kier alpha value is -3.13. The zero-order valence-electron chi connectivity index (χ0n) is 20.8. The highest BCUT2D eigenvalue weighted by atomic mass is 32.1. The fraction of sp³-hybridized carbons (Fsp3) is 0.379. The Balaban J connectivity index is 1.61. The molecule has 8 heteroatoms. The quantitative estimate of drug-likeness (QED) is 0.314. The van der Waals surface area contributed by atoms with E-state index in [1.54, 1.807) is 16.2 Å². The van der Waals surface area contributed by atoms with Gasteiger partial charge in [-0.2, -0.15) is 13.2 Å². The van der Waals surface area contributed by atoms with Gasteiger partial charge < -0.3 is 9.80 Å². The first-order chi connectivity index (χ1) is 17.7. The van der Waals surface area contributed by atoms with E-state index in [9.17, 15) is 22.8 Å². The first-order valence-corrected chi connectivity index (χ1v) is 13.4. The van der Waals surface area contributed by atoms with Crippen LogP contribution in [-0.2, 0) is 24.1 Å². The van der Waals surface area contributed by atoms with Crippen LogP contribution in [-0.4, -0.2) is 34.2 Å². The van der Waals surface area contributed by atoms with Crippen LogP contribution in [0.2, 0.25) is 0 Å². The largest absolute Gasteiger partial charge is 0.416 e. The minimum Gasteiger partial charge on any atom is -0.332 e. The summed E-state index contributed by atoms with van der Waals surface area (Å²) in [6.07, 6.45) is -0.178. The highest BCUT2D eigenvalue weighted by molar-refractivity contribution is 7.10. The van der Waals surface area contributed by atoms with Gasteiger partial charge in [0.15, 0.2) is 0 Å². The second kappa shape index (κ2) is 11.9. The maximum Gasteiger partial charge on any atom is 0.416 e. The fourth-order valence-corrected chi connectivity index (χ4v) is 5.70. The van der Waals surface area contributed by atoms with Gasteiger partial charge in [0.05, 0.1) is 12.1 Å². The number of carbonyl (C=O) groups excluding carboxylic acids is 2. The van der Waals surface area contributed by atoms with Gasteiger partial charge in [-0.25, -0.2) is 0 Å². The third-order valence-electron chi connectivity index (χ3n) is 6.89. The minimum atomic E-state index is -4.55. The summed E-state index contributed by atoms with van der Waals surface area (Å²) in [6, 6.07) is 16.0. The Morgan fingerprint density at radius 1 is 0.946 bits per heavy atom. The number of halogens is 3. The van der Waals surface area contributed by atoms with Gasteiger partial charge in [-0.15, -0.1) is 11.3 Å². The molecular formula is C29H31F3N2O2S. The average molecular weight is 529 g/mol. The molecule has 196 valence electrons. The Kier molecular flexibility index (Phi) is 8.69. The fourth-order valence-electron chi connectivity index (χ4n) is 4.78. The molecule has 0 atom stereocenters. The molecule has 3 aromatic rings. The number of hydrogen-bond acceptors (Lipinski definition) is 3. The van der Waals surface area contributed by atoms with E-state index in [0.717, 1.165) is 60.2 Å². The lowest BCUT2D eigenvalue weighted by atomic mass is 9.93. The molecule has 1 aliphatic rings. The highest BCUT2D eigenvalue weighted by Gasteiger charge is 2.33. The molecule has 0 bridgehead atoms. The predicted molar refractivity (Wildman–Crippen MR) is 139 cm³/mol. The predicted octanol–water partition coefficient (Wildman–Crippen LogP) is 7.08. The normalized spacial score (nSPS) is 14.4. The van der Waals surface area contributed by atoms with E-state index in [4.69, 9.17) is 0 Å². The third-order valence-corrected chi connectivity index (χ3v) is 7.90. The molecule has 0 aliphatic heterocycles. The third kappa shape index (κ3) is 7.01. The van der Waals surface area contributed by atoms with E-state index in [-0.39, 0.29) is 24.1 Å². The van der Waals surface area contributed by atoms with Crippen molar-refractivity contribution in [3.8, 4) is 0 Å². The summed E-state index contributed by atoms with van der Waals surface area (Å²) in [6.45, 7) is 2.63. The standard InChI is InChI=1S/C29H31F3N2O2S/c1-21-15-16-37-26(21)19-33(18-22-9-4-2-5-10-22)27(35)20-34(25-13-6-3-7-14-25)28(36)23-11-8-12-24(17-23)29(30,31)32/h2,4-5,8-12,15-17,25H,3,6-7,13-14,18-20H2,1H3. The molecule has 0 spiro atoms. The molecule has 4 nitrogen and oxygen atoms in total. The lowest BCUT2D eigenvalue weighted by molar-refractivity contribution is -0.137. The monoisotopic (exact) mass is 528 g/mol. The molecule has 1 heterocycles. The highest BCUT2D eigenvalue weighted by Crippen LogP contribution is 2.31. The van der Waals surface area contributed by atoms with Crippen molar-refractivity contribution in [1.82, 2.24) is 9.80 Å². The van der Waals surface area contributed by atoms with Gasteiger partial charge in [0, 0.05) is 23.0 Å². The van der Waals surface area contributed by atoms with E-state index in [2.05, 4.69) is 0 Å². The molecule has 2 amide bonds. The minimum absolute atomic E-state index is 0.0445. The van der Waals surface area contributed by atoms with Crippen LogP contribution < -0.4 is 0 Å². The van der Waals surface area contributed by atoms with Crippen LogP contribution in [0.25, 0.3) is 0 Å². The van der Waals surface area contributed by atoms with Crippen LogP contribution in [0.1, 0.15) is 64.0 Å². The van der Waals surface area contributed by atoms with Crippen LogP contribution in [0, 0.1) is 6.92 Å². The maximum absolute atomic E-state index is 13.8. The van der Waals surface area contributed by atoms with Crippen molar-refractivity contribution in [3.05, 3.63) is 93.2 Å². The summed E-state index contributed by atoms with van der Waals surface area (Å²) in [5, 5.41) is 1.99. The smallest absolute Gasteiger partial charge is 0.332 e. The Morgan fingerprint density at radius 3 is 2.32 bits per heavy atom. The number of thiophene rings is 1. The summed E-state index contributed by atoms with van der Waals surface area (Å²) >= 11 is 1.58. The van der Waals surface area contributed by atoms with E-state index >= 15 is 0 Å². The number of hydrogen-bond donors (Lipinski definition) is 0. The SMILES string of the molecule is Cc1ccsc1CN(Cc1ccccc1)C(=O)CN(C(=O)c1cccc(C(F)(F)F)c1)C1CCCCC1. The van der Waals surface area contributed by atoms with Crippen LogP contribution in [0.15, 0.2) is 66.0 Å². The van der Waals surface area contributed by atoms with Crippen molar-refractivity contribution in [2.45, 2.75) is 64.3 Å². The molecule has 0 unspecified atom stereocenters. The zero-order valence-corrected chi connectivity index (χ0v) is 21.7. The number of nitrogens with zero attached hydrogens (tertiary/aromatic N) is 2. The number of aryl methyl sites for hydroxylation is 1. The second-order valence-corrected chi connectivity index (χ2v) is 10.6. The molecule has 0 N–H and O–H groups in total. The maximum atomic E-state index is 13.8. The number of amides is 2. The molecule has 2 aromatic carbocycles. The summed E-state index contributed by atoms with van der Waals surface area (Å²) in [5.74, 6) is -0.749. The van der Waals surface area contributed by atoms with Crippen LogP contribution >= 0.6 is 11.3 Å². The Bertz CT molecular complexity index is 1200. The second-order valence-electron chi connectivity index (χ2n) is 9.57. The molecule has 1 aliphatic carbocycles. The Labute approximate surface area is 219 Å². The van der Waals surface area contributed by atoms with Gasteiger partial charge in [-0.3, -0.25) is 9.59 Å². The summed E-state index contributed by atoms with van der Waals surface area (Å²) in [4.78, 5) is 31.7. The zero-order chi connectivity index (χ0) is 26.4. The molecule has 37 heavy (non-hydrogen) atoms. The Morgan fingerprint density at radius 2 is 1.68 bits per heavy atom. The first-order valence-electron chi connectivity index (χ1n) is 12.6. The van der Waals surface area contributed by atoms with Gasteiger partial charge in [0.1, 0.15) is 6.54 Å². The van der Waals surface area contributed by atoms with E-state index in [1.807, 2.05) is 48.7 Å². The summed E-state index contributed by atoms with van der Waals surface area (Å²) in [5.41, 5.74) is 1.16. The molecule has 1 aromatic heterocycles. The summed E-state index contributed by atoms with van der Waals surface area (Å²) in [7, 11) is 0. The van der Waals surface area contributed by atoms with E-state index < -0.39 is 17.6 Å². The van der Waals surface area contributed by atoms with Crippen molar-refractivity contribution < 1.29 is 22.8 Å². The van der Waals surface area contributed by atoms with Crippen molar-refractivity contribution in [1.29, 1.82) is 0 Å². The first kappa shape index (κ1) is 26.9. The number of carbonyl (C=O) groups is 2. The number of benzene rings is 2. The van der Waals surface area contributed by atoms with Gasteiger partial charge in [0.2, 0.25) is 5.91 Å². The molecule has 0 radical (unpaired) electrons. The average Bonchev–Trinajstić information content (AvgIpc) is 3.31. The van der Waals surface area contributed by atoms with Gasteiger partial charge in [-0.05, 0) is 60.5 Å². The van der Waals surface area contributed by atoms with Crippen LogP contribution in [0.3, 0.4) is 0 Å². The van der Waals surface area contributed by atoms with E-state index in [1.165, 1.54) is 17.0 Å². The van der Waals surface area contributed by atoms with Crippen LogP contribution in [0.5, 0.6) is 0 Å². The molecule has 0 saturated heterocycles. The van der Waals surface area contributed by atoms with Crippen molar-refractivity contribution in [3.63, 3.8) is 0 Å². The number of rotatable bonds is 8. The van der Waals surface area contributed by atoms with Crippen molar-refractivity contribution in [2.24, 2.45) is 0 Å². The molecule has 4 rings (SSSR count). The van der Waals surface area contributed by atoms with Gasteiger partial charge >= 0.3 is 6.18 Å². The van der Waals surface area contributed by atoms with Gasteiger partial charge in [-0.1, -0.05) is 55.7 Å². The summed E-state index contributed by atoms with van der Waals surface area (Å²) < 4.78 is 40.0.